The van der Waals surface area contributed by atoms with Crippen molar-refractivity contribution in [1.82, 2.24) is 9.77 Å². The second-order valence-corrected chi connectivity index (χ2v) is 10.1. The standard InChI is InChI=1S/C9H12N2O5S.C9H14N2O3S/c1-7(2)16-10-17(14,15)9-5-3-4-8(6-9)11(12)13;1-7(2)14-11-15(12,13)9-5-3-4-8(10)6-9/h3-7,10H,1-2H3;3-7,11H,10H2,1-2H3. The van der Waals surface area contributed by atoms with E-state index in [-0.39, 0.29) is 27.7 Å². The van der Waals surface area contributed by atoms with E-state index in [4.69, 9.17) is 15.4 Å². The summed E-state index contributed by atoms with van der Waals surface area (Å²) in [4.78, 5) is 23.2. The third-order valence-electron chi connectivity index (χ3n) is 3.29. The molecule has 0 heterocycles. The van der Waals surface area contributed by atoms with Gasteiger partial charge in [0.25, 0.3) is 25.7 Å². The summed E-state index contributed by atoms with van der Waals surface area (Å²) < 4.78 is 46.5. The lowest BCUT2D eigenvalue weighted by atomic mass is 10.3. The van der Waals surface area contributed by atoms with Crippen LogP contribution in [0.5, 0.6) is 0 Å². The Morgan fingerprint density at radius 1 is 0.844 bits per heavy atom. The second kappa shape index (κ2) is 11.8. The van der Waals surface area contributed by atoms with E-state index in [1.165, 1.54) is 30.3 Å². The highest BCUT2D eigenvalue weighted by Gasteiger charge is 2.18. The molecule has 32 heavy (non-hydrogen) atoms. The number of nitrogens with zero attached hydrogens (tertiary/aromatic N) is 1. The predicted octanol–water partition coefficient (Wildman–Crippen LogP) is 2.10. The number of benzene rings is 2. The largest absolute Gasteiger partial charge is 0.399 e. The fourth-order valence-corrected chi connectivity index (χ4v) is 3.77. The first-order chi connectivity index (χ1) is 14.7. The maximum atomic E-state index is 11.7. The Kier molecular flexibility index (Phi) is 10.1. The summed E-state index contributed by atoms with van der Waals surface area (Å²) in [6.07, 6.45) is -0.552. The Balaban J connectivity index is 0.000000323. The van der Waals surface area contributed by atoms with Crippen molar-refractivity contribution in [3.63, 3.8) is 0 Å². The van der Waals surface area contributed by atoms with Crippen molar-refractivity contribution in [3.8, 4) is 0 Å². The third kappa shape index (κ3) is 9.25. The first-order valence-electron chi connectivity index (χ1n) is 9.19. The Morgan fingerprint density at radius 2 is 1.28 bits per heavy atom. The first-order valence-corrected chi connectivity index (χ1v) is 12.2. The van der Waals surface area contributed by atoms with Gasteiger partial charge in [0.15, 0.2) is 0 Å². The van der Waals surface area contributed by atoms with Gasteiger partial charge in [-0.1, -0.05) is 21.9 Å². The molecule has 0 aliphatic carbocycles. The fourth-order valence-electron chi connectivity index (χ4n) is 1.86. The number of non-ortho nitro benzene ring substituents is 1. The third-order valence-corrected chi connectivity index (χ3v) is 5.67. The van der Waals surface area contributed by atoms with Gasteiger partial charge in [-0.15, -0.1) is 0 Å². The highest BCUT2D eigenvalue weighted by molar-refractivity contribution is 7.89. The van der Waals surface area contributed by atoms with Crippen molar-refractivity contribution in [1.29, 1.82) is 0 Å². The quantitative estimate of drug-likeness (QED) is 0.269. The van der Waals surface area contributed by atoms with Crippen LogP contribution in [0.3, 0.4) is 0 Å². The normalized spacial score (nSPS) is 11.8. The first kappa shape index (κ1) is 27.4. The van der Waals surface area contributed by atoms with Crippen LogP contribution in [0, 0.1) is 10.1 Å². The molecular weight excluding hydrogens is 464 g/mol. The lowest BCUT2D eigenvalue weighted by Crippen LogP contribution is -2.27. The summed E-state index contributed by atoms with van der Waals surface area (Å²) >= 11 is 0. The molecule has 2 rings (SSSR count). The van der Waals surface area contributed by atoms with Crippen LogP contribution in [0.15, 0.2) is 58.3 Å². The van der Waals surface area contributed by atoms with Crippen LogP contribution >= 0.6 is 0 Å². The van der Waals surface area contributed by atoms with Gasteiger partial charge in [0.05, 0.1) is 26.9 Å². The number of nitrogen functional groups attached to an aromatic ring is 1. The van der Waals surface area contributed by atoms with E-state index < -0.39 is 25.0 Å². The molecule has 178 valence electrons. The van der Waals surface area contributed by atoms with Gasteiger partial charge >= 0.3 is 0 Å². The Morgan fingerprint density at radius 3 is 1.69 bits per heavy atom. The van der Waals surface area contributed by atoms with Crippen LogP contribution in [0.1, 0.15) is 27.7 Å². The lowest BCUT2D eigenvalue weighted by Gasteiger charge is -2.09. The monoisotopic (exact) mass is 490 g/mol. The van der Waals surface area contributed by atoms with Crippen LogP contribution in [0.2, 0.25) is 0 Å². The van der Waals surface area contributed by atoms with Gasteiger partial charge in [-0.25, -0.2) is 16.8 Å². The summed E-state index contributed by atoms with van der Waals surface area (Å²) in [6, 6.07) is 10.7. The summed E-state index contributed by atoms with van der Waals surface area (Å²) in [5, 5.41) is 10.5. The minimum atomic E-state index is -3.89. The number of anilines is 1. The molecule has 0 amide bonds. The summed E-state index contributed by atoms with van der Waals surface area (Å²) in [7, 11) is -7.52. The molecule has 0 saturated carbocycles. The molecule has 0 aliphatic heterocycles. The number of nitro benzene ring substituents is 1. The molecule has 0 fully saturated rings. The van der Waals surface area contributed by atoms with Crippen molar-refractivity contribution in [2.75, 3.05) is 5.73 Å². The zero-order chi connectivity index (χ0) is 24.5. The smallest absolute Gasteiger partial charge is 0.270 e. The van der Waals surface area contributed by atoms with Gasteiger partial charge < -0.3 is 5.73 Å². The van der Waals surface area contributed by atoms with Crippen LogP contribution in [-0.2, 0) is 29.7 Å². The van der Waals surface area contributed by atoms with E-state index in [1.807, 2.05) is 9.77 Å². The van der Waals surface area contributed by atoms with Gasteiger partial charge in [-0.3, -0.25) is 19.8 Å². The molecule has 0 aromatic heterocycles. The van der Waals surface area contributed by atoms with Crippen molar-refractivity contribution < 1.29 is 31.4 Å². The Bertz CT molecular complexity index is 1120. The van der Waals surface area contributed by atoms with Crippen LogP contribution in [-0.4, -0.2) is 34.0 Å². The Hall–Kier alpha value is -2.62. The minimum Gasteiger partial charge on any atom is -0.399 e. The molecule has 0 radical (unpaired) electrons. The van der Waals surface area contributed by atoms with Gasteiger partial charge in [0.2, 0.25) is 0 Å². The number of nitrogens with one attached hydrogen (secondary N) is 2. The molecule has 2 aromatic rings. The molecule has 0 spiro atoms. The molecule has 0 saturated heterocycles. The fraction of sp³-hybridized carbons (Fsp3) is 0.333. The SMILES string of the molecule is CC(C)ONS(=O)(=O)c1cccc(N)c1.CC(C)ONS(=O)(=O)c1cccc([N+](=O)[O-])c1. The maximum Gasteiger partial charge on any atom is 0.270 e. The van der Waals surface area contributed by atoms with Gasteiger partial charge in [-0.2, -0.15) is 0 Å². The van der Waals surface area contributed by atoms with E-state index in [9.17, 15) is 26.9 Å². The topological polar surface area (TPSA) is 180 Å². The zero-order valence-corrected chi connectivity index (χ0v) is 19.5. The van der Waals surface area contributed by atoms with E-state index in [0.717, 1.165) is 6.07 Å². The minimum absolute atomic E-state index is 0.0863. The van der Waals surface area contributed by atoms with Crippen molar-refractivity contribution in [3.05, 3.63) is 58.6 Å². The van der Waals surface area contributed by atoms with E-state index in [1.54, 1.807) is 39.8 Å². The highest BCUT2D eigenvalue weighted by atomic mass is 32.2. The van der Waals surface area contributed by atoms with E-state index in [2.05, 4.69) is 0 Å². The average molecular weight is 491 g/mol. The molecule has 0 unspecified atom stereocenters. The summed E-state index contributed by atoms with van der Waals surface area (Å²) in [6.45, 7) is 6.75. The molecular formula is C18H26N4O8S2. The second-order valence-electron chi connectivity index (χ2n) is 6.83. The number of rotatable bonds is 9. The van der Waals surface area contributed by atoms with E-state index in [0.29, 0.717) is 5.69 Å². The predicted molar refractivity (Wildman–Crippen MR) is 117 cm³/mol. The highest BCUT2D eigenvalue weighted by Crippen LogP contribution is 2.17. The number of nitro groups is 1. The number of sulfonamides is 2. The lowest BCUT2D eigenvalue weighted by molar-refractivity contribution is -0.385. The molecule has 2 aromatic carbocycles. The molecule has 4 N–H and O–H groups in total. The molecule has 0 bridgehead atoms. The average Bonchev–Trinajstić information content (AvgIpc) is 2.71. The summed E-state index contributed by atoms with van der Waals surface area (Å²) in [5.41, 5.74) is 5.58. The van der Waals surface area contributed by atoms with Crippen LogP contribution in [0.4, 0.5) is 11.4 Å². The van der Waals surface area contributed by atoms with Gasteiger partial charge in [0, 0.05) is 17.8 Å². The Labute approximate surface area is 186 Å². The van der Waals surface area contributed by atoms with Crippen molar-refractivity contribution in [2.45, 2.75) is 49.7 Å². The van der Waals surface area contributed by atoms with Crippen LogP contribution in [0.25, 0.3) is 0 Å². The van der Waals surface area contributed by atoms with Crippen molar-refractivity contribution >= 4 is 31.4 Å². The zero-order valence-electron chi connectivity index (χ0n) is 17.9. The number of nitrogens with two attached hydrogens (primary N) is 1. The maximum absolute atomic E-state index is 11.7. The number of hydrogen-bond acceptors (Lipinski definition) is 9. The van der Waals surface area contributed by atoms with Crippen molar-refractivity contribution in [2.24, 2.45) is 0 Å². The molecule has 14 heteroatoms. The summed E-state index contributed by atoms with van der Waals surface area (Å²) in [5.74, 6) is 0. The van der Waals surface area contributed by atoms with Gasteiger partial charge in [0.1, 0.15) is 0 Å². The van der Waals surface area contributed by atoms with E-state index >= 15 is 0 Å². The van der Waals surface area contributed by atoms with Gasteiger partial charge in [-0.05, 0) is 52.0 Å². The molecule has 0 atom stereocenters. The van der Waals surface area contributed by atoms with Crippen LogP contribution < -0.4 is 15.5 Å². The molecule has 12 nitrogen and oxygen atoms in total. The number of hydrogen-bond donors (Lipinski definition) is 3. The molecule has 0 aliphatic rings.